The monoisotopic (exact) mass is 239 g/mol. The van der Waals surface area contributed by atoms with E-state index in [2.05, 4.69) is 4.99 Å². The lowest BCUT2D eigenvalue weighted by Crippen LogP contribution is -1.99. The molecule has 0 aliphatic heterocycles. The summed E-state index contributed by atoms with van der Waals surface area (Å²) in [6.07, 6.45) is 1.73. The van der Waals surface area contributed by atoms with Crippen LogP contribution in [0.3, 0.4) is 0 Å². The molecule has 0 bridgehead atoms. The van der Waals surface area contributed by atoms with E-state index in [4.69, 9.17) is 5.11 Å². The van der Waals surface area contributed by atoms with Crippen LogP contribution < -0.4 is 0 Å². The molecule has 0 aliphatic carbocycles. The van der Waals surface area contributed by atoms with Gasteiger partial charge in [0.25, 0.3) is 0 Å². The number of nitrogens with zero attached hydrogens (tertiary/aromatic N) is 1. The van der Waals surface area contributed by atoms with Crippen molar-refractivity contribution in [2.24, 2.45) is 4.99 Å². The average Bonchev–Trinajstić information content (AvgIpc) is 2.38. The minimum absolute atomic E-state index is 0.290. The number of aromatic carboxylic acids is 1. The molecule has 0 saturated heterocycles. The summed E-state index contributed by atoms with van der Waals surface area (Å²) >= 11 is 0. The minimum Gasteiger partial charge on any atom is -0.478 e. The van der Waals surface area contributed by atoms with Crippen molar-refractivity contribution in [1.82, 2.24) is 0 Å². The Hall–Kier alpha value is -2.42. The highest BCUT2D eigenvalue weighted by atomic mass is 16.4. The van der Waals surface area contributed by atoms with Crippen LogP contribution in [0.1, 0.15) is 21.5 Å². The zero-order chi connectivity index (χ0) is 13.0. The Balaban J connectivity index is 2.33. The fourth-order valence-electron chi connectivity index (χ4n) is 1.68. The highest BCUT2D eigenvalue weighted by Gasteiger charge is 2.08. The molecule has 90 valence electrons. The second kappa shape index (κ2) is 5.27. The Morgan fingerprint density at radius 3 is 2.50 bits per heavy atom. The lowest BCUT2D eigenvalue weighted by Gasteiger charge is -2.03. The maximum Gasteiger partial charge on any atom is 0.336 e. The molecular formula is C15H13NO2. The van der Waals surface area contributed by atoms with E-state index in [1.165, 1.54) is 0 Å². The van der Waals surface area contributed by atoms with Crippen molar-refractivity contribution in [3.8, 4) is 0 Å². The molecule has 2 aromatic rings. The number of aliphatic imine (C=N–C) groups is 1. The molecule has 0 heterocycles. The third-order valence-electron chi connectivity index (χ3n) is 2.69. The fourth-order valence-corrected chi connectivity index (χ4v) is 1.68. The molecule has 0 amide bonds. The molecule has 3 heteroatoms. The van der Waals surface area contributed by atoms with Gasteiger partial charge in [-0.15, -0.1) is 0 Å². The molecule has 0 spiro atoms. The summed E-state index contributed by atoms with van der Waals surface area (Å²) in [5, 5.41) is 9.02. The predicted octanol–water partition coefficient (Wildman–Crippen LogP) is 3.44. The van der Waals surface area contributed by atoms with E-state index in [-0.39, 0.29) is 5.56 Å². The van der Waals surface area contributed by atoms with Crippen molar-refractivity contribution in [3.05, 3.63) is 65.2 Å². The van der Waals surface area contributed by atoms with Gasteiger partial charge in [0, 0.05) is 6.21 Å². The van der Waals surface area contributed by atoms with Crippen molar-refractivity contribution in [2.75, 3.05) is 0 Å². The zero-order valence-corrected chi connectivity index (χ0v) is 10.00. The van der Waals surface area contributed by atoms with Gasteiger partial charge in [-0.25, -0.2) is 4.79 Å². The summed E-state index contributed by atoms with van der Waals surface area (Å²) in [5.41, 5.74) is 2.63. The van der Waals surface area contributed by atoms with Gasteiger partial charge in [0.2, 0.25) is 0 Å². The average molecular weight is 239 g/mol. The van der Waals surface area contributed by atoms with E-state index in [1.807, 2.05) is 30.3 Å². The predicted molar refractivity (Wildman–Crippen MR) is 71.8 cm³/mol. The minimum atomic E-state index is -0.927. The summed E-state index contributed by atoms with van der Waals surface area (Å²) in [5.74, 6) is -0.927. The van der Waals surface area contributed by atoms with Crippen LogP contribution in [0.2, 0.25) is 0 Å². The first-order valence-corrected chi connectivity index (χ1v) is 5.60. The second-order valence-corrected chi connectivity index (χ2v) is 3.92. The Kier molecular flexibility index (Phi) is 3.53. The third-order valence-corrected chi connectivity index (χ3v) is 2.69. The number of hydrogen-bond donors (Lipinski definition) is 1. The first-order chi connectivity index (χ1) is 8.68. The highest BCUT2D eigenvalue weighted by molar-refractivity contribution is 5.91. The van der Waals surface area contributed by atoms with E-state index >= 15 is 0 Å². The molecule has 0 fully saturated rings. The van der Waals surface area contributed by atoms with Gasteiger partial charge in [-0.3, -0.25) is 4.99 Å². The van der Waals surface area contributed by atoms with Gasteiger partial charge < -0.3 is 5.11 Å². The highest BCUT2D eigenvalue weighted by Crippen LogP contribution is 2.21. The van der Waals surface area contributed by atoms with Gasteiger partial charge in [0.15, 0.2) is 0 Å². The molecule has 18 heavy (non-hydrogen) atoms. The Labute approximate surface area is 105 Å². The number of carbonyl (C=O) groups is 1. The molecule has 0 aliphatic rings. The molecule has 2 rings (SSSR count). The van der Waals surface area contributed by atoms with Gasteiger partial charge in [0.1, 0.15) is 0 Å². The molecule has 0 atom stereocenters. The maximum atomic E-state index is 11.0. The van der Waals surface area contributed by atoms with Crippen LogP contribution in [0, 0.1) is 6.92 Å². The Morgan fingerprint density at radius 1 is 1.11 bits per heavy atom. The third kappa shape index (κ3) is 2.63. The molecule has 3 nitrogen and oxygen atoms in total. The Morgan fingerprint density at radius 2 is 1.83 bits per heavy atom. The van der Waals surface area contributed by atoms with E-state index in [9.17, 15) is 4.79 Å². The van der Waals surface area contributed by atoms with Crippen molar-refractivity contribution in [2.45, 2.75) is 6.92 Å². The molecule has 0 radical (unpaired) electrons. The van der Waals surface area contributed by atoms with Gasteiger partial charge in [-0.1, -0.05) is 36.4 Å². The zero-order valence-electron chi connectivity index (χ0n) is 10.00. The maximum absolute atomic E-state index is 11.0. The lowest BCUT2D eigenvalue weighted by molar-refractivity contribution is 0.0696. The quantitative estimate of drug-likeness (QED) is 0.834. The van der Waals surface area contributed by atoms with Crippen molar-refractivity contribution in [1.29, 1.82) is 0 Å². The van der Waals surface area contributed by atoms with E-state index in [0.29, 0.717) is 11.3 Å². The van der Waals surface area contributed by atoms with Crippen molar-refractivity contribution < 1.29 is 9.90 Å². The van der Waals surface area contributed by atoms with Gasteiger partial charge >= 0.3 is 5.97 Å². The van der Waals surface area contributed by atoms with Gasteiger partial charge in [0.05, 0.1) is 11.3 Å². The normalized spacial score (nSPS) is 10.7. The second-order valence-electron chi connectivity index (χ2n) is 3.92. The molecule has 0 aromatic heterocycles. The van der Waals surface area contributed by atoms with Crippen LogP contribution >= 0.6 is 0 Å². The first kappa shape index (κ1) is 12.0. The molecule has 0 unspecified atom stereocenters. The SMILES string of the molecule is Cc1c(/N=C/c2ccccc2)cccc1C(=O)O. The van der Waals surface area contributed by atoms with E-state index < -0.39 is 5.97 Å². The number of carboxylic acids is 1. The number of carboxylic acid groups (broad SMARTS) is 1. The molecule has 1 N–H and O–H groups in total. The Bertz CT molecular complexity index is 589. The van der Waals surface area contributed by atoms with Gasteiger partial charge in [-0.05, 0) is 30.2 Å². The number of rotatable bonds is 3. The van der Waals surface area contributed by atoms with Crippen molar-refractivity contribution in [3.63, 3.8) is 0 Å². The van der Waals surface area contributed by atoms with Gasteiger partial charge in [-0.2, -0.15) is 0 Å². The van der Waals surface area contributed by atoms with Crippen LogP contribution in [-0.2, 0) is 0 Å². The summed E-state index contributed by atoms with van der Waals surface area (Å²) in [6, 6.07) is 14.8. The molecular weight excluding hydrogens is 226 g/mol. The summed E-state index contributed by atoms with van der Waals surface area (Å²) < 4.78 is 0. The lowest BCUT2D eigenvalue weighted by atomic mass is 10.1. The molecule has 2 aromatic carbocycles. The standard InChI is InChI=1S/C15H13NO2/c1-11-13(15(17)18)8-5-9-14(11)16-10-12-6-3-2-4-7-12/h2-10H,1H3,(H,17,18)/b16-10+. The van der Waals surface area contributed by atoms with Crippen LogP contribution in [0.4, 0.5) is 5.69 Å². The fraction of sp³-hybridized carbons (Fsp3) is 0.0667. The summed E-state index contributed by atoms with van der Waals surface area (Å²) in [7, 11) is 0. The molecule has 0 saturated carbocycles. The van der Waals surface area contributed by atoms with Crippen LogP contribution in [-0.4, -0.2) is 17.3 Å². The first-order valence-electron chi connectivity index (χ1n) is 5.60. The van der Waals surface area contributed by atoms with Crippen LogP contribution in [0.15, 0.2) is 53.5 Å². The van der Waals surface area contributed by atoms with Crippen molar-refractivity contribution >= 4 is 17.9 Å². The van der Waals surface area contributed by atoms with Crippen LogP contribution in [0.25, 0.3) is 0 Å². The number of benzene rings is 2. The van der Waals surface area contributed by atoms with E-state index in [1.54, 1.807) is 31.3 Å². The van der Waals surface area contributed by atoms with Crippen LogP contribution in [0.5, 0.6) is 0 Å². The summed E-state index contributed by atoms with van der Waals surface area (Å²) in [4.78, 5) is 15.3. The number of hydrogen-bond acceptors (Lipinski definition) is 2. The largest absolute Gasteiger partial charge is 0.478 e. The van der Waals surface area contributed by atoms with E-state index in [0.717, 1.165) is 5.56 Å². The topological polar surface area (TPSA) is 49.7 Å². The smallest absolute Gasteiger partial charge is 0.336 e. The summed E-state index contributed by atoms with van der Waals surface area (Å²) in [6.45, 7) is 1.76.